The molecule has 1 rings (SSSR count). The van der Waals surface area contributed by atoms with Gasteiger partial charge in [-0.05, 0) is 0 Å². The molecule has 0 unspecified atom stereocenters. The fourth-order valence-corrected chi connectivity index (χ4v) is 1.47. The molecule has 18 heavy (non-hydrogen) atoms. The van der Waals surface area contributed by atoms with Crippen LogP contribution in [0.5, 0.6) is 0 Å². The van der Waals surface area contributed by atoms with Crippen LogP contribution in [0.1, 0.15) is 20.3 Å². The molecule has 0 atom stereocenters. The van der Waals surface area contributed by atoms with Gasteiger partial charge in [0.25, 0.3) is 0 Å². The van der Waals surface area contributed by atoms with Crippen LogP contribution in [0.3, 0.4) is 0 Å². The summed E-state index contributed by atoms with van der Waals surface area (Å²) >= 11 is 2.89. The molecule has 0 aromatic heterocycles. The van der Waals surface area contributed by atoms with E-state index in [4.69, 9.17) is 28.0 Å². The van der Waals surface area contributed by atoms with Gasteiger partial charge in [-0.25, -0.2) is 0 Å². The predicted molar refractivity (Wildman–Crippen MR) is 49.0 cm³/mol. The molecule has 0 aliphatic carbocycles. The standard InChI is InChI=1S/C6H10O.5CO.Cr/c1-6(2)3-4-7-5-6;5*1-2;/h3,5H2,1-2H3;;;;;;. The second-order valence-electron chi connectivity index (χ2n) is 3.00. The Labute approximate surface area is 114 Å². The molecule has 0 N–H and O–H groups in total. The zero-order chi connectivity index (χ0) is 16.2. The fraction of sp³-hybridized carbons (Fsp3) is 0.455. The average Bonchev–Trinajstić information content (AvgIpc) is 2.79. The van der Waals surface area contributed by atoms with Crippen molar-refractivity contribution in [1.82, 2.24) is 0 Å². The SMILES string of the molecule is CC1(C)CO[C](=[Cr])C1.[C-]#[O+].[C-]#[O+].[C-]#[O+].[C-]#[O+].[C-]#[O+]. The topological polar surface area (TPSA) is 109 Å². The van der Waals surface area contributed by atoms with Crippen LogP contribution < -0.4 is 0 Å². The van der Waals surface area contributed by atoms with Crippen LogP contribution in [0.25, 0.3) is 0 Å². The van der Waals surface area contributed by atoms with Gasteiger partial charge >= 0.3 is 114 Å². The normalized spacial score (nSPS) is 12.3. The molecule has 0 amide bonds. The van der Waals surface area contributed by atoms with Crippen molar-refractivity contribution in [3.63, 3.8) is 0 Å². The molecule has 1 saturated heterocycles. The van der Waals surface area contributed by atoms with Gasteiger partial charge in [0.05, 0.1) is 0 Å². The van der Waals surface area contributed by atoms with E-state index in [1.165, 1.54) is 0 Å². The molecule has 1 aliphatic heterocycles. The van der Waals surface area contributed by atoms with Crippen LogP contribution in [0.15, 0.2) is 0 Å². The first-order valence-corrected chi connectivity index (χ1v) is 4.42. The molecule has 1 aliphatic rings. The van der Waals surface area contributed by atoms with Crippen molar-refractivity contribution >= 4 is 4.57 Å². The molecule has 6 nitrogen and oxygen atoms in total. The quantitative estimate of drug-likeness (QED) is 0.480. The summed E-state index contributed by atoms with van der Waals surface area (Å²) in [6.07, 6.45) is 1.08. The van der Waals surface area contributed by atoms with Crippen molar-refractivity contribution in [3.8, 4) is 0 Å². The van der Waals surface area contributed by atoms with E-state index in [1.807, 2.05) is 0 Å². The predicted octanol–water partition coefficient (Wildman–Crippen LogP) is 0.922. The van der Waals surface area contributed by atoms with Crippen molar-refractivity contribution in [3.05, 3.63) is 33.3 Å². The van der Waals surface area contributed by atoms with Gasteiger partial charge in [-0.15, -0.1) is 0 Å². The first-order valence-electron chi connectivity index (χ1n) is 3.78. The molecular formula is C11H10CrO6. The molecule has 0 aromatic rings. The summed E-state index contributed by atoms with van der Waals surface area (Å²) in [5.41, 5.74) is 0.376. The van der Waals surface area contributed by atoms with Crippen molar-refractivity contribution in [2.24, 2.45) is 5.41 Å². The summed E-state index contributed by atoms with van der Waals surface area (Å²) in [5, 5.41) is 0. The molecule has 0 bridgehead atoms. The second-order valence-corrected chi connectivity index (χ2v) is 3.71. The molecule has 0 radical (unpaired) electrons. The molecular weight excluding hydrogens is 280 g/mol. The van der Waals surface area contributed by atoms with Gasteiger partial charge < -0.3 is 0 Å². The van der Waals surface area contributed by atoms with Gasteiger partial charge in [0, 0.05) is 0 Å². The third-order valence-corrected chi connectivity index (χ3v) is 1.66. The maximum atomic E-state index is 7.50. The Morgan fingerprint density at radius 2 is 1.17 bits per heavy atom. The maximum absolute atomic E-state index is 7.50. The van der Waals surface area contributed by atoms with Crippen molar-refractivity contribution in [1.29, 1.82) is 0 Å². The molecule has 0 spiro atoms. The minimum atomic E-state index is 0.376. The van der Waals surface area contributed by atoms with Crippen LogP contribution in [0, 0.1) is 38.7 Å². The minimum absolute atomic E-state index is 0.376. The van der Waals surface area contributed by atoms with Gasteiger partial charge in [-0.1, -0.05) is 0 Å². The van der Waals surface area contributed by atoms with Crippen molar-refractivity contribution in [2.75, 3.05) is 6.61 Å². The molecule has 0 aromatic carbocycles. The van der Waals surface area contributed by atoms with Crippen molar-refractivity contribution in [2.45, 2.75) is 20.3 Å². The Kier molecular flexibility index (Phi) is 50.1. The summed E-state index contributed by atoms with van der Waals surface area (Å²) in [7, 11) is 0. The Hall–Kier alpha value is -0.938. The van der Waals surface area contributed by atoms with Gasteiger partial charge in [0.15, 0.2) is 0 Å². The molecule has 1 fully saturated rings. The Morgan fingerprint density at radius 1 is 0.889 bits per heavy atom. The van der Waals surface area contributed by atoms with E-state index in [0.717, 1.165) is 17.6 Å². The van der Waals surface area contributed by atoms with E-state index in [9.17, 15) is 0 Å². The molecule has 0 saturated carbocycles. The monoisotopic (exact) mass is 290 g/mol. The van der Waals surface area contributed by atoms with Gasteiger partial charge in [0.1, 0.15) is 0 Å². The van der Waals surface area contributed by atoms with E-state index in [0.29, 0.717) is 5.41 Å². The number of ether oxygens (including phenoxy) is 1. The summed E-state index contributed by atoms with van der Waals surface area (Å²) in [6.45, 7) is 27.8. The van der Waals surface area contributed by atoms with Crippen LogP contribution in [0.2, 0.25) is 0 Å². The van der Waals surface area contributed by atoms with Crippen LogP contribution in [-0.2, 0) is 43.8 Å². The number of hydrogen-bond donors (Lipinski definition) is 0. The Balaban J connectivity index is -0.0000000482. The number of rotatable bonds is 0. The van der Waals surface area contributed by atoms with E-state index < -0.39 is 0 Å². The van der Waals surface area contributed by atoms with Gasteiger partial charge in [-0.2, -0.15) is 0 Å². The Bertz CT molecular complexity index is 249. The molecule has 1 heterocycles. The Morgan fingerprint density at radius 3 is 1.22 bits per heavy atom. The van der Waals surface area contributed by atoms with E-state index in [1.54, 1.807) is 0 Å². The van der Waals surface area contributed by atoms with Crippen LogP contribution >= 0.6 is 0 Å². The summed E-state index contributed by atoms with van der Waals surface area (Å²) in [6, 6.07) is 0. The zero-order valence-electron chi connectivity index (χ0n) is 9.77. The first-order chi connectivity index (χ1) is 8.60. The van der Waals surface area contributed by atoms with E-state index >= 15 is 0 Å². The second kappa shape index (κ2) is 29.8. The first kappa shape index (κ1) is 30.3. The molecule has 7 heteroatoms. The van der Waals surface area contributed by atoms with Crippen LogP contribution in [0.4, 0.5) is 0 Å². The van der Waals surface area contributed by atoms with Crippen LogP contribution in [-0.4, -0.2) is 11.2 Å². The third kappa shape index (κ3) is 29.4. The van der Waals surface area contributed by atoms with Gasteiger partial charge in [0.2, 0.25) is 0 Å². The van der Waals surface area contributed by atoms with Gasteiger partial charge in [-0.3, -0.25) is 0 Å². The summed E-state index contributed by atoms with van der Waals surface area (Å²) < 4.78 is 43.8. The zero-order valence-corrected chi connectivity index (χ0v) is 11.0. The molecule has 96 valence electrons. The summed E-state index contributed by atoms with van der Waals surface area (Å²) in [4.78, 5) is 0. The average molecular weight is 290 g/mol. The number of hydrogen-bond acceptors (Lipinski definition) is 1. The van der Waals surface area contributed by atoms with E-state index in [2.05, 4.69) is 63.0 Å². The van der Waals surface area contributed by atoms with Crippen molar-refractivity contribution < 1.29 is 43.8 Å². The van der Waals surface area contributed by atoms with E-state index in [-0.39, 0.29) is 0 Å². The third-order valence-electron chi connectivity index (χ3n) is 1.25. The fourth-order valence-electron chi connectivity index (χ4n) is 0.769. The summed E-state index contributed by atoms with van der Waals surface area (Å²) in [5.74, 6) is 0.